The van der Waals surface area contributed by atoms with Crippen LogP contribution >= 0.6 is 22.7 Å². The van der Waals surface area contributed by atoms with Gasteiger partial charge in [0.15, 0.2) is 0 Å². The summed E-state index contributed by atoms with van der Waals surface area (Å²) in [6, 6.07) is 6.38. The standard InChI is InChI=1S/C17H17N3OS2Si/c1-19-11(10-18)7-12-8-13-16(22-12)17-14(24(13,3)4)9-15(23-17)20(2)5-6-21/h7-9,21H,5-6H2,2-4H3/b11-7-. The smallest absolute Gasteiger partial charge is 0.263 e. The molecule has 0 saturated heterocycles. The quantitative estimate of drug-likeness (QED) is 0.511. The number of rotatable bonds is 4. The van der Waals surface area contributed by atoms with Crippen LogP contribution in [0.1, 0.15) is 4.88 Å². The van der Waals surface area contributed by atoms with Gasteiger partial charge in [-0.05, 0) is 28.6 Å². The first-order chi connectivity index (χ1) is 11.4. The Kier molecular flexibility index (Phi) is 4.37. The van der Waals surface area contributed by atoms with E-state index in [0.717, 1.165) is 4.88 Å². The molecular formula is C17H17N3OS2Si. The Morgan fingerprint density at radius 1 is 1.38 bits per heavy atom. The van der Waals surface area contributed by atoms with Crippen LogP contribution in [-0.4, -0.2) is 33.4 Å². The fourth-order valence-corrected chi connectivity index (χ4v) is 10.1. The maximum Gasteiger partial charge on any atom is 0.263 e. The van der Waals surface area contributed by atoms with Crippen molar-refractivity contribution >= 4 is 52.2 Å². The van der Waals surface area contributed by atoms with E-state index < -0.39 is 8.07 Å². The predicted molar refractivity (Wildman–Crippen MR) is 105 cm³/mol. The molecule has 0 fully saturated rings. The molecule has 122 valence electrons. The molecule has 1 aliphatic rings. The van der Waals surface area contributed by atoms with Crippen molar-refractivity contribution in [3.63, 3.8) is 0 Å². The van der Waals surface area contributed by atoms with Crippen LogP contribution in [0.15, 0.2) is 17.8 Å². The number of thiophene rings is 2. The summed E-state index contributed by atoms with van der Waals surface area (Å²) in [5, 5.41) is 22.2. The zero-order chi connectivity index (χ0) is 17.5. The van der Waals surface area contributed by atoms with Gasteiger partial charge in [-0.25, -0.2) is 10.1 Å². The van der Waals surface area contributed by atoms with Crippen LogP contribution in [0.4, 0.5) is 5.00 Å². The third-order valence-corrected chi connectivity index (χ3v) is 10.7. The summed E-state index contributed by atoms with van der Waals surface area (Å²) in [4.78, 5) is 8.95. The summed E-state index contributed by atoms with van der Waals surface area (Å²) in [7, 11) is 0.266. The molecular weight excluding hydrogens is 354 g/mol. The molecule has 0 saturated carbocycles. The SMILES string of the molecule is [C-]#[N+]/C(C#N)=C\c1cc2c(s1)-c1sc(N(C)CCO)cc1[Si]2(C)C. The number of nitrogens with zero attached hydrogens (tertiary/aromatic N) is 3. The van der Waals surface area contributed by atoms with Gasteiger partial charge in [-0.2, -0.15) is 0 Å². The molecule has 7 heteroatoms. The Balaban J connectivity index is 2.08. The van der Waals surface area contributed by atoms with Crippen molar-refractivity contribution in [3.05, 3.63) is 34.1 Å². The summed E-state index contributed by atoms with van der Waals surface area (Å²) in [5.74, 6) is 0. The number of fused-ring (bicyclic) bond motifs is 3. The molecule has 0 unspecified atom stereocenters. The average Bonchev–Trinajstić information content (AvgIpc) is 3.20. The van der Waals surface area contributed by atoms with E-state index >= 15 is 0 Å². The number of anilines is 1. The molecule has 0 aliphatic carbocycles. The lowest BCUT2D eigenvalue weighted by molar-refractivity contribution is 0.304. The topological polar surface area (TPSA) is 51.6 Å². The summed E-state index contributed by atoms with van der Waals surface area (Å²) >= 11 is 3.44. The lowest BCUT2D eigenvalue weighted by Crippen LogP contribution is -2.48. The molecule has 1 N–H and O–H groups in total. The molecule has 2 aromatic rings. The Labute approximate surface area is 150 Å². The third-order valence-electron chi connectivity index (χ3n) is 4.35. The largest absolute Gasteiger partial charge is 0.395 e. The van der Waals surface area contributed by atoms with Gasteiger partial charge in [-0.3, -0.25) is 0 Å². The number of hydrogen-bond donors (Lipinski definition) is 1. The molecule has 1 aliphatic heterocycles. The van der Waals surface area contributed by atoms with Crippen molar-refractivity contribution < 1.29 is 5.11 Å². The normalized spacial score (nSPS) is 14.7. The zero-order valence-electron chi connectivity index (χ0n) is 13.8. The Morgan fingerprint density at radius 3 is 2.67 bits per heavy atom. The second-order valence-electron chi connectivity index (χ2n) is 6.24. The van der Waals surface area contributed by atoms with Gasteiger partial charge >= 0.3 is 0 Å². The highest BCUT2D eigenvalue weighted by molar-refractivity contribution is 7.30. The molecule has 0 aromatic carbocycles. The maximum absolute atomic E-state index is 9.16. The van der Waals surface area contributed by atoms with E-state index in [9.17, 15) is 0 Å². The maximum atomic E-state index is 9.16. The first-order valence-corrected chi connectivity index (χ1v) is 12.2. The highest BCUT2D eigenvalue weighted by Crippen LogP contribution is 2.42. The van der Waals surface area contributed by atoms with Crippen molar-refractivity contribution in [2.75, 3.05) is 25.1 Å². The van der Waals surface area contributed by atoms with Gasteiger partial charge in [0.25, 0.3) is 5.70 Å². The monoisotopic (exact) mass is 371 g/mol. The predicted octanol–water partition coefficient (Wildman–Crippen LogP) is 2.82. The van der Waals surface area contributed by atoms with Crippen molar-refractivity contribution in [2.24, 2.45) is 0 Å². The van der Waals surface area contributed by atoms with Crippen molar-refractivity contribution in [1.29, 1.82) is 5.26 Å². The molecule has 3 heterocycles. The Bertz CT molecular complexity index is 895. The summed E-state index contributed by atoms with van der Waals surface area (Å²) < 4.78 is 0. The third kappa shape index (κ3) is 2.60. The van der Waals surface area contributed by atoms with E-state index in [1.54, 1.807) is 28.7 Å². The van der Waals surface area contributed by atoms with Gasteiger partial charge in [0.2, 0.25) is 0 Å². The van der Waals surface area contributed by atoms with Gasteiger partial charge < -0.3 is 10.0 Å². The number of aliphatic hydroxyl groups excluding tert-OH is 1. The van der Waals surface area contributed by atoms with Crippen LogP contribution in [0.2, 0.25) is 13.1 Å². The average molecular weight is 372 g/mol. The van der Waals surface area contributed by atoms with E-state index in [1.807, 2.05) is 13.1 Å². The van der Waals surface area contributed by atoms with Crippen LogP contribution in [0.25, 0.3) is 20.7 Å². The Hall–Kier alpha value is -1.90. The van der Waals surface area contributed by atoms with Gasteiger partial charge in [0, 0.05) is 28.2 Å². The highest BCUT2D eigenvalue weighted by Gasteiger charge is 2.41. The molecule has 0 bridgehead atoms. The van der Waals surface area contributed by atoms with Crippen LogP contribution in [0.3, 0.4) is 0 Å². The van der Waals surface area contributed by atoms with Crippen LogP contribution < -0.4 is 15.3 Å². The number of nitriles is 1. The first-order valence-electron chi connectivity index (χ1n) is 7.52. The van der Waals surface area contributed by atoms with E-state index in [-0.39, 0.29) is 12.3 Å². The van der Waals surface area contributed by atoms with Crippen molar-refractivity contribution in [3.8, 4) is 15.8 Å². The molecule has 0 atom stereocenters. The number of aliphatic hydroxyl groups is 1. The fraction of sp³-hybridized carbons (Fsp3) is 0.294. The Morgan fingerprint density at radius 2 is 2.04 bits per heavy atom. The van der Waals surface area contributed by atoms with Gasteiger partial charge in [0.1, 0.15) is 8.07 Å². The zero-order valence-corrected chi connectivity index (χ0v) is 16.4. The van der Waals surface area contributed by atoms with Crippen LogP contribution in [0.5, 0.6) is 0 Å². The van der Waals surface area contributed by atoms with Gasteiger partial charge in [-0.15, -0.1) is 22.7 Å². The van der Waals surface area contributed by atoms with Gasteiger partial charge in [-0.1, -0.05) is 13.1 Å². The van der Waals surface area contributed by atoms with Crippen LogP contribution in [0, 0.1) is 17.9 Å². The fourth-order valence-electron chi connectivity index (χ4n) is 2.94. The minimum Gasteiger partial charge on any atom is -0.395 e. The number of hydrogen-bond acceptors (Lipinski definition) is 5. The second-order valence-corrected chi connectivity index (χ2v) is 12.7. The highest BCUT2D eigenvalue weighted by atomic mass is 32.1. The molecule has 2 aromatic heterocycles. The molecule has 0 radical (unpaired) electrons. The number of likely N-dealkylation sites (N-methyl/N-ethyl adjacent to an activating group) is 1. The van der Waals surface area contributed by atoms with Crippen LogP contribution in [-0.2, 0) is 0 Å². The minimum atomic E-state index is -1.74. The van der Waals surface area contributed by atoms with Gasteiger partial charge in [0.05, 0.1) is 24.2 Å². The van der Waals surface area contributed by atoms with Crippen molar-refractivity contribution in [1.82, 2.24) is 0 Å². The van der Waals surface area contributed by atoms with E-state index in [0.29, 0.717) is 6.54 Å². The second kappa shape index (κ2) is 6.19. The molecule has 3 rings (SSSR count). The molecule has 24 heavy (non-hydrogen) atoms. The summed E-state index contributed by atoms with van der Waals surface area (Å²) in [6.45, 7) is 12.5. The van der Waals surface area contributed by atoms with E-state index in [2.05, 4.69) is 35.0 Å². The lowest BCUT2D eigenvalue weighted by atomic mass is 10.3. The van der Waals surface area contributed by atoms with E-state index in [4.69, 9.17) is 16.9 Å². The summed E-state index contributed by atoms with van der Waals surface area (Å²) in [6.07, 6.45) is 1.69. The summed E-state index contributed by atoms with van der Waals surface area (Å²) in [5.41, 5.74) is 0.129. The van der Waals surface area contributed by atoms with E-state index in [1.165, 1.54) is 25.1 Å². The lowest BCUT2D eigenvalue weighted by Gasteiger charge is -2.18. The van der Waals surface area contributed by atoms with Crippen molar-refractivity contribution in [2.45, 2.75) is 13.1 Å². The minimum absolute atomic E-state index is 0.129. The molecule has 0 amide bonds. The number of allylic oxidation sites excluding steroid dienone is 1. The molecule has 4 nitrogen and oxygen atoms in total. The molecule has 0 spiro atoms. The first kappa shape index (κ1) is 16.9.